The lowest BCUT2D eigenvalue weighted by Crippen LogP contribution is -1.96. The maximum Gasteiger partial charge on any atom is 0.158 e. The van der Waals surface area contributed by atoms with Crippen LogP contribution in [0.1, 0.15) is 10.4 Å². The summed E-state index contributed by atoms with van der Waals surface area (Å²) in [6, 6.07) is 7.22. The molecule has 2 aromatic rings. The van der Waals surface area contributed by atoms with Gasteiger partial charge >= 0.3 is 0 Å². The largest absolute Gasteiger partial charge is 0.332 e. The summed E-state index contributed by atoms with van der Waals surface area (Å²) in [5.74, 6) is -0.0936. The van der Waals surface area contributed by atoms with E-state index in [0.29, 0.717) is 5.56 Å². The third-order valence-electron chi connectivity index (χ3n) is 2.21. The number of hydrogen-bond acceptors (Lipinski definition) is 3. The standard InChI is InChI=1S/C10H9NO3S/c12-6-8-5-11(7-15(13)14)10-4-2-1-3-9(8)10/h1-6,15H,7H2. The van der Waals surface area contributed by atoms with E-state index in [9.17, 15) is 13.2 Å². The van der Waals surface area contributed by atoms with Crippen LogP contribution in [0, 0.1) is 0 Å². The summed E-state index contributed by atoms with van der Waals surface area (Å²) in [4.78, 5) is 10.8. The zero-order chi connectivity index (χ0) is 10.8. The second-order valence-corrected chi connectivity index (χ2v) is 4.11. The number of hydrogen-bond donors (Lipinski definition) is 1. The summed E-state index contributed by atoms with van der Waals surface area (Å²) >= 11 is 0. The van der Waals surface area contributed by atoms with Crippen molar-refractivity contribution in [1.29, 1.82) is 0 Å². The van der Waals surface area contributed by atoms with Crippen LogP contribution in [-0.4, -0.2) is 19.3 Å². The fraction of sp³-hybridized carbons (Fsp3) is 0.100. The first kappa shape index (κ1) is 9.92. The smallest absolute Gasteiger partial charge is 0.158 e. The first-order valence-electron chi connectivity index (χ1n) is 4.37. The van der Waals surface area contributed by atoms with Crippen LogP contribution in [0.3, 0.4) is 0 Å². The average molecular weight is 223 g/mol. The van der Waals surface area contributed by atoms with Crippen LogP contribution in [0.15, 0.2) is 30.5 Å². The molecule has 0 saturated carbocycles. The second kappa shape index (κ2) is 3.86. The number of thiol groups is 1. The molecule has 0 N–H and O–H groups in total. The molecule has 1 aromatic carbocycles. The molecule has 0 spiro atoms. The molecule has 0 aliphatic carbocycles. The Hall–Kier alpha value is -1.62. The second-order valence-electron chi connectivity index (χ2n) is 3.16. The van der Waals surface area contributed by atoms with Gasteiger partial charge in [0.25, 0.3) is 0 Å². The molecule has 0 aliphatic rings. The molecule has 0 aliphatic heterocycles. The van der Waals surface area contributed by atoms with Crippen LogP contribution in [-0.2, 0) is 16.6 Å². The molecular weight excluding hydrogens is 214 g/mol. The lowest BCUT2D eigenvalue weighted by atomic mass is 10.2. The van der Waals surface area contributed by atoms with E-state index in [-0.39, 0.29) is 5.88 Å². The predicted octanol–water partition coefficient (Wildman–Crippen LogP) is 1.02. The minimum absolute atomic E-state index is 0.0936. The van der Waals surface area contributed by atoms with E-state index in [4.69, 9.17) is 0 Å². The first-order valence-corrected chi connectivity index (χ1v) is 5.73. The Labute approximate surface area is 88.1 Å². The number of carbonyl (C=O) groups excluding carboxylic acids is 1. The van der Waals surface area contributed by atoms with Gasteiger partial charge in [0.1, 0.15) is 5.88 Å². The van der Waals surface area contributed by atoms with Crippen LogP contribution >= 0.6 is 0 Å². The lowest BCUT2D eigenvalue weighted by molar-refractivity contribution is 0.112. The van der Waals surface area contributed by atoms with E-state index < -0.39 is 10.7 Å². The zero-order valence-corrected chi connectivity index (χ0v) is 8.68. The number of fused-ring (bicyclic) bond motifs is 1. The van der Waals surface area contributed by atoms with Crippen molar-refractivity contribution < 1.29 is 13.2 Å². The SMILES string of the molecule is O=Cc1cn(C[SH](=O)=O)c2ccccc12. The van der Waals surface area contributed by atoms with Gasteiger partial charge in [-0.1, -0.05) is 18.2 Å². The van der Waals surface area contributed by atoms with E-state index in [1.165, 1.54) is 0 Å². The third kappa shape index (κ3) is 1.78. The summed E-state index contributed by atoms with van der Waals surface area (Å²) in [5.41, 5.74) is 1.28. The molecule has 0 unspecified atom stereocenters. The number of benzene rings is 1. The van der Waals surface area contributed by atoms with Crippen LogP contribution in [0.4, 0.5) is 0 Å². The van der Waals surface area contributed by atoms with Crippen molar-refractivity contribution in [3.8, 4) is 0 Å². The van der Waals surface area contributed by atoms with Gasteiger partial charge in [-0.05, 0) is 6.07 Å². The Bertz CT molecular complexity index is 575. The highest BCUT2D eigenvalue weighted by atomic mass is 32.2. The molecule has 4 nitrogen and oxygen atoms in total. The van der Waals surface area contributed by atoms with Gasteiger partial charge in [-0.2, -0.15) is 0 Å². The van der Waals surface area contributed by atoms with Crippen molar-refractivity contribution >= 4 is 27.9 Å². The van der Waals surface area contributed by atoms with Gasteiger partial charge in [-0.15, -0.1) is 0 Å². The average Bonchev–Trinajstić information content (AvgIpc) is 2.56. The highest BCUT2D eigenvalue weighted by molar-refractivity contribution is 7.71. The minimum atomic E-state index is -2.49. The maximum atomic E-state index is 10.8. The summed E-state index contributed by atoms with van der Waals surface area (Å²) in [5, 5.41) is 0.782. The van der Waals surface area contributed by atoms with E-state index in [1.807, 2.05) is 12.1 Å². The molecule has 1 aromatic heterocycles. The molecule has 5 heteroatoms. The maximum absolute atomic E-state index is 10.8. The van der Waals surface area contributed by atoms with Crippen LogP contribution in [0.25, 0.3) is 10.9 Å². The number of nitrogens with zero attached hydrogens (tertiary/aromatic N) is 1. The summed E-state index contributed by atoms with van der Waals surface area (Å²) in [7, 11) is -2.49. The minimum Gasteiger partial charge on any atom is -0.332 e. The summed E-state index contributed by atoms with van der Waals surface area (Å²) in [6.45, 7) is 0. The molecule has 0 fully saturated rings. The monoisotopic (exact) mass is 223 g/mol. The molecule has 15 heavy (non-hydrogen) atoms. The van der Waals surface area contributed by atoms with Gasteiger partial charge in [-0.25, -0.2) is 8.42 Å². The first-order chi connectivity index (χ1) is 7.22. The third-order valence-corrected chi connectivity index (χ3v) is 2.75. The summed E-state index contributed by atoms with van der Waals surface area (Å²) in [6.07, 6.45) is 2.29. The van der Waals surface area contributed by atoms with Gasteiger partial charge in [-0.3, -0.25) is 4.79 Å². The number of carbonyl (C=O) groups is 1. The Morgan fingerprint density at radius 2 is 2.00 bits per heavy atom. The number of aldehydes is 1. The Morgan fingerprint density at radius 3 is 2.67 bits per heavy atom. The van der Waals surface area contributed by atoms with Gasteiger partial charge in [0.15, 0.2) is 17.0 Å². The fourth-order valence-corrected chi connectivity index (χ4v) is 2.09. The van der Waals surface area contributed by atoms with Crippen molar-refractivity contribution in [2.75, 3.05) is 0 Å². The quantitative estimate of drug-likeness (QED) is 0.624. The molecule has 1 heterocycles. The van der Waals surface area contributed by atoms with E-state index >= 15 is 0 Å². The number of rotatable bonds is 3. The van der Waals surface area contributed by atoms with Crippen LogP contribution in [0.2, 0.25) is 0 Å². The summed E-state index contributed by atoms with van der Waals surface area (Å²) < 4.78 is 22.8. The number of para-hydroxylation sites is 1. The van der Waals surface area contributed by atoms with Gasteiger partial charge in [0, 0.05) is 22.7 Å². The van der Waals surface area contributed by atoms with E-state index in [0.717, 1.165) is 17.2 Å². The van der Waals surface area contributed by atoms with Crippen molar-refractivity contribution in [2.45, 2.75) is 5.88 Å². The number of aromatic nitrogens is 1. The Morgan fingerprint density at radius 1 is 1.27 bits per heavy atom. The highest BCUT2D eigenvalue weighted by Gasteiger charge is 2.06. The topological polar surface area (TPSA) is 56.1 Å². The van der Waals surface area contributed by atoms with Crippen LogP contribution < -0.4 is 0 Å². The van der Waals surface area contributed by atoms with E-state index in [2.05, 4.69) is 0 Å². The molecule has 0 bridgehead atoms. The molecule has 78 valence electrons. The molecule has 0 saturated heterocycles. The van der Waals surface area contributed by atoms with Gasteiger partial charge in [0.2, 0.25) is 0 Å². The van der Waals surface area contributed by atoms with Crippen molar-refractivity contribution in [3.05, 3.63) is 36.0 Å². The molecule has 2 rings (SSSR count). The molecular formula is C10H9NO3S. The van der Waals surface area contributed by atoms with Crippen molar-refractivity contribution in [2.24, 2.45) is 0 Å². The molecule has 0 radical (unpaired) electrons. The molecule has 0 atom stereocenters. The normalized spacial score (nSPS) is 11.0. The van der Waals surface area contributed by atoms with E-state index in [1.54, 1.807) is 22.9 Å². The van der Waals surface area contributed by atoms with Crippen LogP contribution in [0.5, 0.6) is 0 Å². The van der Waals surface area contributed by atoms with Gasteiger partial charge in [0.05, 0.1) is 0 Å². The van der Waals surface area contributed by atoms with Crippen molar-refractivity contribution in [3.63, 3.8) is 0 Å². The Kier molecular flexibility index (Phi) is 2.55. The highest BCUT2D eigenvalue weighted by Crippen LogP contribution is 2.19. The predicted molar refractivity (Wildman–Crippen MR) is 57.6 cm³/mol. The zero-order valence-electron chi connectivity index (χ0n) is 7.79. The Balaban J connectivity index is 2.69. The lowest BCUT2D eigenvalue weighted by Gasteiger charge is -1.97. The fourth-order valence-electron chi connectivity index (χ4n) is 1.61. The molecule has 0 amide bonds. The van der Waals surface area contributed by atoms with Gasteiger partial charge < -0.3 is 4.57 Å². The van der Waals surface area contributed by atoms with Crippen molar-refractivity contribution in [1.82, 2.24) is 4.57 Å².